The summed E-state index contributed by atoms with van der Waals surface area (Å²) >= 11 is 1.78. The molecule has 1 aromatic heterocycles. The summed E-state index contributed by atoms with van der Waals surface area (Å²) in [7, 11) is 1.97. The Morgan fingerprint density at radius 2 is 2.10 bits per heavy atom. The Labute approximate surface area is 125 Å². The summed E-state index contributed by atoms with van der Waals surface area (Å²) in [5, 5.41) is 9.71. The van der Waals surface area contributed by atoms with Gasteiger partial charge in [-0.3, -0.25) is 5.01 Å². The lowest BCUT2D eigenvalue weighted by Gasteiger charge is -2.12. The maximum absolute atomic E-state index is 4.35. The van der Waals surface area contributed by atoms with Crippen LogP contribution in [0.25, 0.3) is 10.1 Å². The summed E-state index contributed by atoms with van der Waals surface area (Å²) in [6.45, 7) is 7.07. The predicted octanol–water partition coefficient (Wildman–Crippen LogP) is 4.37. The van der Waals surface area contributed by atoms with Crippen molar-refractivity contribution in [1.82, 2.24) is 5.01 Å². The van der Waals surface area contributed by atoms with Crippen molar-refractivity contribution in [2.45, 2.75) is 27.3 Å². The predicted molar refractivity (Wildman–Crippen MR) is 89.0 cm³/mol. The molecule has 0 amide bonds. The van der Waals surface area contributed by atoms with Crippen LogP contribution in [0.4, 0.5) is 0 Å². The largest absolute Gasteiger partial charge is 0.295 e. The van der Waals surface area contributed by atoms with Gasteiger partial charge in [0.15, 0.2) is 0 Å². The maximum atomic E-state index is 4.35. The molecule has 0 N–H and O–H groups in total. The van der Waals surface area contributed by atoms with Crippen LogP contribution in [0.3, 0.4) is 0 Å². The summed E-state index contributed by atoms with van der Waals surface area (Å²) in [4.78, 5) is 0. The van der Waals surface area contributed by atoms with Crippen LogP contribution < -0.4 is 0 Å². The molecule has 0 fully saturated rings. The van der Waals surface area contributed by atoms with Gasteiger partial charge in [-0.2, -0.15) is 5.10 Å². The van der Waals surface area contributed by atoms with E-state index < -0.39 is 0 Å². The van der Waals surface area contributed by atoms with Gasteiger partial charge >= 0.3 is 0 Å². The maximum Gasteiger partial charge on any atom is 0.0968 e. The lowest BCUT2D eigenvalue weighted by molar-refractivity contribution is 0.351. The van der Waals surface area contributed by atoms with E-state index in [1.165, 1.54) is 15.6 Å². The highest BCUT2D eigenvalue weighted by atomic mass is 32.1. The van der Waals surface area contributed by atoms with Crippen molar-refractivity contribution in [1.29, 1.82) is 0 Å². The lowest BCUT2D eigenvalue weighted by Crippen LogP contribution is -2.10. The molecule has 0 saturated carbocycles. The third-order valence-electron chi connectivity index (χ3n) is 2.73. The van der Waals surface area contributed by atoms with E-state index in [-0.39, 0.29) is 5.41 Å². The van der Waals surface area contributed by atoms with Gasteiger partial charge in [0.1, 0.15) is 0 Å². The van der Waals surface area contributed by atoms with Crippen LogP contribution in [0.2, 0.25) is 0 Å². The van der Waals surface area contributed by atoms with Crippen molar-refractivity contribution in [3.8, 4) is 11.8 Å². The average molecular weight is 284 g/mol. The summed E-state index contributed by atoms with van der Waals surface area (Å²) in [5.41, 5.74) is 1.33. The second-order valence-corrected chi connectivity index (χ2v) is 6.75. The molecule has 2 nitrogen and oxygen atoms in total. The van der Waals surface area contributed by atoms with Gasteiger partial charge in [0.2, 0.25) is 0 Å². The van der Waals surface area contributed by atoms with Crippen molar-refractivity contribution in [2.24, 2.45) is 10.5 Å². The topological polar surface area (TPSA) is 15.6 Å². The van der Waals surface area contributed by atoms with Crippen molar-refractivity contribution in [3.63, 3.8) is 0 Å². The first-order valence-electron chi connectivity index (χ1n) is 6.67. The Balaban J connectivity index is 2.04. The molecule has 1 aromatic carbocycles. The number of nitrogens with zero attached hydrogens (tertiary/aromatic N) is 2. The standard InChI is InChI=1S/C17H20N2S/c1-17(2,3)10-6-11-18-19(4)13-15-8-5-7-14-9-12-20-16(14)15/h5,7-9,11-12H,13H2,1-4H3/b18-11+. The van der Waals surface area contributed by atoms with Gasteiger partial charge in [0.25, 0.3) is 0 Å². The lowest BCUT2D eigenvalue weighted by atomic mass is 9.98. The molecule has 0 aliphatic rings. The Morgan fingerprint density at radius 1 is 1.30 bits per heavy atom. The molecule has 2 rings (SSSR count). The minimum atomic E-state index is 0.0210. The van der Waals surface area contributed by atoms with E-state index in [1.807, 2.05) is 12.1 Å². The quantitative estimate of drug-likeness (QED) is 0.464. The highest BCUT2D eigenvalue weighted by Gasteiger charge is 2.04. The molecule has 104 valence electrons. The molecule has 0 atom stereocenters. The normalized spacial score (nSPS) is 11.6. The van der Waals surface area contributed by atoms with E-state index in [2.05, 4.69) is 67.4 Å². The zero-order valence-electron chi connectivity index (χ0n) is 12.5. The van der Waals surface area contributed by atoms with E-state index in [0.29, 0.717) is 0 Å². The second kappa shape index (κ2) is 6.11. The fourth-order valence-electron chi connectivity index (χ4n) is 1.84. The third kappa shape index (κ3) is 4.11. The Kier molecular flexibility index (Phi) is 4.46. The first kappa shape index (κ1) is 14.6. The number of benzene rings is 1. The fraction of sp³-hybridized carbons (Fsp3) is 0.353. The molecule has 20 heavy (non-hydrogen) atoms. The number of hydrazone groups is 1. The smallest absolute Gasteiger partial charge is 0.0968 e. The molecular weight excluding hydrogens is 264 g/mol. The van der Waals surface area contributed by atoms with Gasteiger partial charge < -0.3 is 0 Å². The van der Waals surface area contributed by atoms with Crippen LogP contribution in [-0.4, -0.2) is 18.3 Å². The number of fused-ring (bicyclic) bond motifs is 1. The van der Waals surface area contributed by atoms with Crippen LogP contribution in [0.5, 0.6) is 0 Å². The highest BCUT2D eigenvalue weighted by Crippen LogP contribution is 2.25. The number of thiophene rings is 1. The van der Waals surface area contributed by atoms with E-state index in [0.717, 1.165) is 6.54 Å². The molecular formula is C17H20N2S. The molecule has 0 saturated heterocycles. The molecule has 2 aromatic rings. The number of hydrogen-bond acceptors (Lipinski definition) is 3. The summed E-state index contributed by atoms with van der Waals surface area (Å²) in [6.07, 6.45) is 1.68. The average Bonchev–Trinajstić information content (AvgIpc) is 2.83. The van der Waals surface area contributed by atoms with Gasteiger partial charge in [-0.25, -0.2) is 0 Å². The van der Waals surface area contributed by atoms with E-state index in [4.69, 9.17) is 0 Å². The van der Waals surface area contributed by atoms with Crippen molar-refractivity contribution in [2.75, 3.05) is 7.05 Å². The van der Waals surface area contributed by atoms with Crippen molar-refractivity contribution < 1.29 is 0 Å². The number of rotatable bonds is 3. The van der Waals surface area contributed by atoms with Gasteiger partial charge in [-0.05, 0) is 43.2 Å². The molecule has 0 aliphatic heterocycles. The van der Waals surface area contributed by atoms with Gasteiger partial charge in [0.05, 0.1) is 12.8 Å². The SMILES string of the molecule is CN(Cc1cccc2ccsc12)/N=C/C#CC(C)(C)C. The van der Waals surface area contributed by atoms with Crippen LogP contribution in [0.1, 0.15) is 26.3 Å². The Morgan fingerprint density at radius 3 is 2.85 bits per heavy atom. The molecule has 0 spiro atoms. The van der Waals surface area contributed by atoms with E-state index >= 15 is 0 Å². The summed E-state index contributed by atoms with van der Waals surface area (Å²) in [5.74, 6) is 6.14. The molecule has 1 heterocycles. The van der Waals surface area contributed by atoms with Gasteiger partial charge in [-0.15, -0.1) is 11.3 Å². The van der Waals surface area contributed by atoms with Crippen LogP contribution in [0, 0.1) is 17.3 Å². The van der Waals surface area contributed by atoms with E-state index in [1.54, 1.807) is 17.6 Å². The van der Waals surface area contributed by atoms with Crippen LogP contribution >= 0.6 is 11.3 Å². The zero-order valence-corrected chi connectivity index (χ0v) is 13.3. The highest BCUT2D eigenvalue weighted by molar-refractivity contribution is 7.17. The summed E-state index contributed by atoms with van der Waals surface area (Å²) < 4.78 is 1.34. The third-order valence-corrected chi connectivity index (χ3v) is 3.73. The first-order chi connectivity index (χ1) is 9.46. The molecule has 0 unspecified atom stereocenters. The molecule has 0 aliphatic carbocycles. The summed E-state index contributed by atoms with van der Waals surface area (Å²) in [6, 6.07) is 8.56. The molecule has 0 radical (unpaired) electrons. The van der Waals surface area contributed by atoms with Crippen molar-refractivity contribution >= 4 is 27.6 Å². The molecule has 3 heteroatoms. The zero-order chi connectivity index (χ0) is 14.6. The van der Waals surface area contributed by atoms with Crippen LogP contribution in [0.15, 0.2) is 34.7 Å². The van der Waals surface area contributed by atoms with Crippen molar-refractivity contribution in [3.05, 3.63) is 35.2 Å². The number of hydrogen-bond donors (Lipinski definition) is 0. The fourth-order valence-corrected chi connectivity index (χ4v) is 2.75. The van der Waals surface area contributed by atoms with Crippen LogP contribution in [-0.2, 0) is 6.54 Å². The Hall–Kier alpha value is -1.79. The van der Waals surface area contributed by atoms with Gasteiger partial charge in [-0.1, -0.05) is 30.0 Å². The Bertz CT molecular complexity index is 665. The monoisotopic (exact) mass is 284 g/mol. The minimum absolute atomic E-state index is 0.0210. The molecule has 0 bridgehead atoms. The second-order valence-electron chi connectivity index (χ2n) is 5.84. The van der Waals surface area contributed by atoms with Gasteiger partial charge in [0, 0.05) is 17.2 Å². The van der Waals surface area contributed by atoms with E-state index in [9.17, 15) is 0 Å². The minimum Gasteiger partial charge on any atom is -0.295 e. The first-order valence-corrected chi connectivity index (χ1v) is 7.55.